The number of hydrogen-bond donors (Lipinski definition) is 1. The van der Waals surface area contributed by atoms with Crippen LogP contribution in [0.3, 0.4) is 0 Å². The summed E-state index contributed by atoms with van der Waals surface area (Å²) in [5, 5.41) is 0. The first-order valence-electron chi connectivity index (χ1n) is 8.64. The lowest BCUT2D eigenvalue weighted by Gasteiger charge is -2.26. The first kappa shape index (κ1) is 20.4. The van der Waals surface area contributed by atoms with Gasteiger partial charge in [-0.15, -0.1) is 0 Å². The lowest BCUT2D eigenvalue weighted by Crippen LogP contribution is -2.42. The number of nitrogens with one attached hydrogen (secondary N) is 1. The van der Waals surface area contributed by atoms with Gasteiger partial charge >= 0.3 is 0 Å². The van der Waals surface area contributed by atoms with Crippen molar-refractivity contribution in [3.05, 3.63) is 18.2 Å². The Morgan fingerprint density at radius 2 is 1.58 bits per heavy atom. The van der Waals surface area contributed by atoms with Gasteiger partial charge in [0.15, 0.2) is 0 Å². The summed E-state index contributed by atoms with van der Waals surface area (Å²) in [7, 11) is -2.41. The molecule has 1 fully saturated rings. The van der Waals surface area contributed by atoms with E-state index in [0.29, 0.717) is 0 Å². The smallest absolute Gasteiger partial charge is 0.240 e. The number of rotatable bonds is 7. The maximum absolute atomic E-state index is 12.8. The minimum atomic E-state index is -3.82. The third-order valence-corrected chi connectivity index (χ3v) is 5.94. The largest absolute Gasteiger partial charge is 0.495 e. The molecule has 0 atom stereocenters. The quantitative estimate of drug-likeness (QED) is 0.731. The molecular formula is C18H26N2O5S. The molecule has 0 aromatic heterocycles. The van der Waals surface area contributed by atoms with Crippen molar-refractivity contribution in [1.29, 1.82) is 0 Å². The molecule has 0 bridgehead atoms. The van der Waals surface area contributed by atoms with Crippen molar-refractivity contribution in [2.45, 2.75) is 51.5 Å². The molecule has 0 spiro atoms. The lowest BCUT2D eigenvalue weighted by atomic mass is 9.94. The molecule has 0 radical (unpaired) electrons. The Kier molecular flexibility index (Phi) is 6.08. The Labute approximate surface area is 154 Å². The van der Waals surface area contributed by atoms with Crippen molar-refractivity contribution >= 4 is 27.5 Å². The number of imide groups is 1. The molecule has 0 saturated carbocycles. The number of ether oxygens (including phenoxy) is 1. The number of hydrogen-bond acceptors (Lipinski definition) is 5. The number of anilines is 1. The Morgan fingerprint density at radius 1 is 1.04 bits per heavy atom. The molecule has 1 aliphatic heterocycles. The molecule has 26 heavy (non-hydrogen) atoms. The minimum Gasteiger partial charge on any atom is -0.495 e. The van der Waals surface area contributed by atoms with Crippen LogP contribution in [0.15, 0.2) is 23.1 Å². The van der Waals surface area contributed by atoms with Gasteiger partial charge in [-0.1, -0.05) is 27.7 Å². The highest BCUT2D eigenvalue weighted by atomic mass is 32.2. The van der Waals surface area contributed by atoms with Gasteiger partial charge in [0, 0.05) is 18.9 Å². The Hall–Kier alpha value is -1.93. The summed E-state index contributed by atoms with van der Waals surface area (Å²) in [4.78, 5) is 25.1. The van der Waals surface area contributed by atoms with E-state index in [0.717, 1.165) is 4.90 Å². The SMILES string of the molecule is COc1ccc(S(=O)(=O)NC(C(C)C)C(C)C)cc1N1C(=O)CCC1=O. The summed E-state index contributed by atoms with van der Waals surface area (Å²) in [6.45, 7) is 7.81. The Balaban J connectivity index is 2.46. The monoisotopic (exact) mass is 382 g/mol. The molecule has 144 valence electrons. The highest BCUT2D eigenvalue weighted by Crippen LogP contribution is 2.34. The van der Waals surface area contributed by atoms with Crippen LogP contribution in [0.2, 0.25) is 0 Å². The predicted molar refractivity (Wildman–Crippen MR) is 98.5 cm³/mol. The van der Waals surface area contributed by atoms with E-state index in [4.69, 9.17) is 4.74 Å². The Morgan fingerprint density at radius 3 is 2.04 bits per heavy atom. The summed E-state index contributed by atoms with van der Waals surface area (Å²) >= 11 is 0. The van der Waals surface area contributed by atoms with Gasteiger partial charge in [-0.3, -0.25) is 9.59 Å². The summed E-state index contributed by atoms with van der Waals surface area (Å²) in [5.41, 5.74) is 0.161. The average Bonchev–Trinajstić information content (AvgIpc) is 2.90. The minimum absolute atomic E-state index is 0.00731. The third-order valence-electron chi connectivity index (χ3n) is 4.48. The molecule has 8 heteroatoms. The van der Waals surface area contributed by atoms with Crippen molar-refractivity contribution in [2.75, 3.05) is 12.0 Å². The average molecular weight is 382 g/mol. The molecule has 1 heterocycles. The lowest BCUT2D eigenvalue weighted by molar-refractivity contribution is -0.121. The van der Waals surface area contributed by atoms with Crippen LogP contribution in [0.25, 0.3) is 0 Å². The van der Waals surface area contributed by atoms with E-state index in [1.807, 2.05) is 27.7 Å². The van der Waals surface area contributed by atoms with Crippen molar-refractivity contribution in [2.24, 2.45) is 11.8 Å². The third kappa shape index (κ3) is 4.07. The zero-order chi connectivity index (χ0) is 19.6. The topological polar surface area (TPSA) is 92.8 Å². The van der Waals surface area contributed by atoms with Crippen LogP contribution in [0.4, 0.5) is 5.69 Å². The van der Waals surface area contributed by atoms with Crippen LogP contribution in [-0.4, -0.2) is 33.4 Å². The van der Waals surface area contributed by atoms with Crippen molar-refractivity contribution in [3.63, 3.8) is 0 Å². The highest BCUT2D eigenvalue weighted by molar-refractivity contribution is 7.89. The molecule has 2 amide bonds. The normalized spacial score (nSPS) is 15.6. The standard InChI is InChI=1S/C18H26N2O5S/c1-11(2)18(12(3)4)19-26(23,24)13-6-7-15(25-5)14(10-13)20-16(21)8-9-17(20)22/h6-7,10-12,18-19H,8-9H2,1-5H3. The molecule has 7 nitrogen and oxygen atoms in total. The molecule has 1 aromatic carbocycles. The van der Waals surface area contributed by atoms with Gasteiger partial charge in [-0.05, 0) is 30.0 Å². The zero-order valence-corrected chi connectivity index (χ0v) is 16.6. The van der Waals surface area contributed by atoms with Gasteiger partial charge in [-0.2, -0.15) is 0 Å². The molecular weight excluding hydrogens is 356 g/mol. The van der Waals surface area contributed by atoms with Crippen molar-refractivity contribution in [3.8, 4) is 5.75 Å². The highest BCUT2D eigenvalue weighted by Gasteiger charge is 2.34. The summed E-state index contributed by atoms with van der Waals surface area (Å²) in [6, 6.07) is 3.95. The van der Waals surface area contributed by atoms with Crippen LogP contribution in [0.5, 0.6) is 5.75 Å². The van der Waals surface area contributed by atoms with Gasteiger partial charge < -0.3 is 4.74 Å². The fourth-order valence-corrected chi connectivity index (χ4v) is 4.70. The number of benzene rings is 1. The van der Waals surface area contributed by atoms with Gasteiger partial charge in [0.25, 0.3) is 0 Å². The van der Waals surface area contributed by atoms with E-state index in [1.54, 1.807) is 0 Å². The summed E-state index contributed by atoms with van der Waals surface area (Å²) < 4.78 is 33.6. The van der Waals surface area contributed by atoms with Crippen LogP contribution < -0.4 is 14.4 Å². The fraction of sp³-hybridized carbons (Fsp3) is 0.556. The van der Waals surface area contributed by atoms with Gasteiger partial charge in [0.1, 0.15) is 5.75 Å². The number of methoxy groups -OCH3 is 1. The van der Waals surface area contributed by atoms with E-state index in [2.05, 4.69) is 4.72 Å². The van der Waals surface area contributed by atoms with E-state index in [9.17, 15) is 18.0 Å². The molecule has 1 N–H and O–H groups in total. The number of nitrogens with zero attached hydrogens (tertiary/aromatic N) is 1. The summed E-state index contributed by atoms with van der Waals surface area (Å²) in [5.74, 6) is -0.221. The molecule has 1 aromatic rings. The molecule has 2 rings (SSSR count). The number of carbonyl (C=O) groups is 2. The zero-order valence-electron chi connectivity index (χ0n) is 15.8. The number of sulfonamides is 1. The maximum atomic E-state index is 12.8. The maximum Gasteiger partial charge on any atom is 0.240 e. The van der Waals surface area contributed by atoms with E-state index in [-0.39, 0.29) is 58.9 Å². The molecule has 1 aliphatic rings. The number of amides is 2. The van der Waals surface area contributed by atoms with Crippen LogP contribution in [0.1, 0.15) is 40.5 Å². The fourth-order valence-electron chi connectivity index (χ4n) is 3.15. The van der Waals surface area contributed by atoms with Crippen molar-refractivity contribution in [1.82, 2.24) is 4.72 Å². The summed E-state index contributed by atoms with van der Waals surface area (Å²) in [6.07, 6.45) is 0.222. The van der Waals surface area contributed by atoms with Gasteiger partial charge in [0.2, 0.25) is 21.8 Å². The molecule has 1 saturated heterocycles. The Bertz CT molecular complexity index is 778. The van der Waals surface area contributed by atoms with Crippen LogP contribution in [-0.2, 0) is 19.6 Å². The van der Waals surface area contributed by atoms with E-state index < -0.39 is 10.0 Å². The second-order valence-corrected chi connectivity index (χ2v) is 8.81. The van der Waals surface area contributed by atoms with E-state index >= 15 is 0 Å². The second-order valence-electron chi connectivity index (χ2n) is 7.09. The number of carbonyl (C=O) groups excluding carboxylic acids is 2. The molecule has 0 aliphatic carbocycles. The second kappa shape index (κ2) is 7.75. The van der Waals surface area contributed by atoms with E-state index in [1.165, 1.54) is 25.3 Å². The van der Waals surface area contributed by atoms with Crippen LogP contribution in [0, 0.1) is 11.8 Å². The predicted octanol–water partition coefficient (Wildman–Crippen LogP) is 2.31. The van der Waals surface area contributed by atoms with Gasteiger partial charge in [-0.25, -0.2) is 18.0 Å². The van der Waals surface area contributed by atoms with Gasteiger partial charge in [0.05, 0.1) is 17.7 Å². The van der Waals surface area contributed by atoms with Crippen molar-refractivity contribution < 1.29 is 22.7 Å². The molecule has 0 unspecified atom stereocenters. The first-order chi connectivity index (χ1) is 12.1. The first-order valence-corrected chi connectivity index (χ1v) is 10.1. The van der Waals surface area contributed by atoms with Crippen LogP contribution >= 0.6 is 0 Å².